The first-order chi connectivity index (χ1) is 10.8. The van der Waals surface area contributed by atoms with E-state index in [1.165, 1.54) is 17.3 Å². The summed E-state index contributed by atoms with van der Waals surface area (Å²) < 4.78 is 2.01. The van der Waals surface area contributed by atoms with Crippen LogP contribution in [0.15, 0.2) is 24.5 Å². The van der Waals surface area contributed by atoms with Crippen LogP contribution in [0.1, 0.15) is 32.0 Å². The smallest absolute Gasteiger partial charge is 0.230 e. The molecule has 23 heavy (non-hydrogen) atoms. The van der Waals surface area contributed by atoms with Gasteiger partial charge in [0.1, 0.15) is 5.65 Å². The van der Waals surface area contributed by atoms with E-state index in [0.717, 1.165) is 11.3 Å². The summed E-state index contributed by atoms with van der Waals surface area (Å²) in [4.78, 5) is 16.4. The molecule has 0 radical (unpaired) electrons. The zero-order chi connectivity index (χ0) is 17.0. The highest BCUT2D eigenvalue weighted by Gasteiger charge is 2.25. The molecule has 2 rings (SSSR count). The van der Waals surface area contributed by atoms with Crippen LogP contribution < -0.4 is 5.32 Å². The van der Waals surface area contributed by atoms with E-state index in [2.05, 4.69) is 10.3 Å². The van der Waals surface area contributed by atoms with Crippen LogP contribution in [0.3, 0.4) is 0 Å². The number of imidazole rings is 1. The third-order valence-electron chi connectivity index (χ3n) is 4.02. The Morgan fingerprint density at radius 1 is 1.43 bits per heavy atom. The zero-order valence-electron chi connectivity index (χ0n) is 14.2. The standard InChI is InChI=1S/C17H25N3O2S/c1-12(2)17(4,22)11-18-16(21)10-23-9-14-8-20-7-13(3)5-6-15(20)19-14/h5-8,12,22H,9-11H2,1-4H3,(H,18,21). The van der Waals surface area contributed by atoms with Crippen molar-refractivity contribution in [2.75, 3.05) is 12.3 Å². The van der Waals surface area contributed by atoms with Crippen molar-refractivity contribution in [2.24, 2.45) is 5.92 Å². The van der Waals surface area contributed by atoms with E-state index in [1.807, 2.05) is 49.7 Å². The molecule has 2 heterocycles. The van der Waals surface area contributed by atoms with Crippen molar-refractivity contribution < 1.29 is 9.90 Å². The number of nitrogens with one attached hydrogen (secondary N) is 1. The van der Waals surface area contributed by atoms with Crippen LogP contribution in [-0.4, -0.2) is 38.3 Å². The van der Waals surface area contributed by atoms with Gasteiger partial charge < -0.3 is 14.8 Å². The molecule has 0 spiro atoms. The third kappa shape index (κ3) is 4.97. The van der Waals surface area contributed by atoms with Gasteiger partial charge in [0.05, 0.1) is 17.0 Å². The molecule has 0 aliphatic rings. The number of rotatable bonds is 7. The van der Waals surface area contributed by atoms with Crippen molar-refractivity contribution in [3.63, 3.8) is 0 Å². The summed E-state index contributed by atoms with van der Waals surface area (Å²) in [6.07, 6.45) is 4.04. The fourth-order valence-electron chi connectivity index (χ4n) is 2.01. The highest BCUT2D eigenvalue weighted by Crippen LogP contribution is 2.15. The van der Waals surface area contributed by atoms with Crippen LogP contribution in [0.2, 0.25) is 0 Å². The molecule has 6 heteroatoms. The molecule has 0 saturated carbocycles. The molecule has 1 unspecified atom stereocenters. The summed E-state index contributed by atoms with van der Waals surface area (Å²) in [5.74, 6) is 1.09. The van der Waals surface area contributed by atoms with Crippen LogP contribution in [-0.2, 0) is 10.5 Å². The number of carbonyl (C=O) groups is 1. The molecule has 0 aliphatic heterocycles. The van der Waals surface area contributed by atoms with Gasteiger partial charge >= 0.3 is 0 Å². The molecule has 2 aromatic rings. The monoisotopic (exact) mass is 335 g/mol. The maximum absolute atomic E-state index is 11.9. The lowest BCUT2D eigenvalue weighted by Gasteiger charge is -2.27. The second-order valence-electron chi connectivity index (χ2n) is 6.49. The van der Waals surface area contributed by atoms with Gasteiger partial charge in [-0.3, -0.25) is 4.79 Å². The minimum absolute atomic E-state index is 0.0597. The number of nitrogens with zero attached hydrogens (tertiary/aromatic N) is 2. The fraction of sp³-hybridized carbons (Fsp3) is 0.529. The molecule has 2 aromatic heterocycles. The van der Waals surface area contributed by atoms with Gasteiger partial charge in [0.25, 0.3) is 0 Å². The number of amides is 1. The minimum atomic E-state index is -0.875. The van der Waals surface area contributed by atoms with E-state index in [0.29, 0.717) is 11.5 Å². The average molecular weight is 335 g/mol. The molecular weight excluding hydrogens is 310 g/mol. The number of hydrogen-bond acceptors (Lipinski definition) is 4. The molecule has 0 saturated heterocycles. The van der Waals surface area contributed by atoms with Crippen molar-refractivity contribution in [3.8, 4) is 0 Å². The van der Waals surface area contributed by atoms with Crippen molar-refractivity contribution in [2.45, 2.75) is 39.0 Å². The van der Waals surface area contributed by atoms with E-state index < -0.39 is 5.60 Å². The number of pyridine rings is 1. The molecule has 2 N–H and O–H groups in total. The van der Waals surface area contributed by atoms with E-state index >= 15 is 0 Å². The zero-order valence-corrected chi connectivity index (χ0v) is 15.0. The maximum Gasteiger partial charge on any atom is 0.230 e. The summed E-state index contributed by atoms with van der Waals surface area (Å²) in [6, 6.07) is 4.03. The van der Waals surface area contributed by atoms with Crippen molar-refractivity contribution in [3.05, 3.63) is 35.8 Å². The van der Waals surface area contributed by atoms with Gasteiger partial charge in [0, 0.05) is 24.7 Å². The van der Waals surface area contributed by atoms with Gasteiger partial charge in [-0.2, -0.15) is 0 Å². The van der Waals surface area contributed by atoms with Crippen molar-refractivity contribution in [1.82, 2.24) is 14.7 Å². The lowest BCUT2D eigenvalue weighted by molar-refractivity contribution is -0.120. The van der Waals surface area contributed by atoms with Crippen molar-refractivity contribution in [1.29, 1.82) is 0 Å². The summed E-state index contributed by atoms with van der Waals surface area (Å²) in [5, 5.41) is 12.9. The van der Waals surface area contributed by atoms with Gasteiger partial charge in [-0.25, -0.2) is 4.98 Å². The predicted octanol–water partition coefficient (Wildman–Crippen LogP) is 2.40. The molecule has 126 valence electrons. The van der Waals surface area contributed by atoms with Crippen LogP contribution >= 0.6 is 11.8 Å². The summed E-state index contributed by atoms with van der Waals surface area (Å²) in [5.41, 5.74) is 2.19. The molecule has 1 amide bonds. The number of thioether (sulfide) groups is 1. The number of hydrogen-bond donors (Lipinski definition) is 2. The third-order valence-corrected chi connectivity index (χ3v) is 4.99. The molecule has 0 aromatic carbocycles. The van der Waals surface area contributed by atoms with E-state index in [4.69, 9.17) is 0 Å². The number of fused-ring (bicyclic) bond motifs is 1. The van der Waals surface area contributed by atoms with Crippen molar-refractivity contribution >= 4 is 23.3 Å². The molecule has 0 fully saturated rings. The quantitative estimate of drug-likeness (QED) is 0.815. The van der Waals surface area contributed by atoms with Crippen LogP contribution in [0.25, 0.3) is 5.65 Å². The van der Waals surface area contributed by atoms with Crippen LogP contribution in [0.4, 0.5) is 0 Å². The second-order valence-corrected chi connectivity index (χ2v) is 7.47. The maximum atomic E-state index is 11.9. The van der Waals surface area contributed by atoms with Crippen LogP contribution in [0, 0.1) is 12.8 Å². The summed E-state index contributed by atoms with van der Waals surface area (Å²) in [7, 11) is 0. The Kier molecular flexibility index (Phi) is 5.70. The molecule has 0 aliphatic carbocycles. The molecular formula is C17H25N3O2S. The normalized spacial score (nSPS) is 14.2. The number of aliphatic hydroxyl groups is 1. The highest BCUT2D eigenvalue weighted by atomic mass is 32.2. The second kappa shape index (κ2) is 7.36. The number of aryl methyl sites for hydroxylation is 1. The molecule has 0 bridgehead atoms. The van der Waals surface area contributed by atoms with Gasteiger partial charge in [0.2, 0.25) is 5.91 Å². The lowest BCUT2D eigenvalue weighted by atomic mass is 9.93. The van der Waals surface area contributed by atoms with Crippen LogP contribution in [0.5, 0.6) is 0 Å². The first-order valence-electron chi connectivity index (χ1n) is 7.79. The first-order valence-corrected chi connectivity index (χ1v) is 8.94. The first kappa shape index (κ1) is 17.8. The van der Waals surface area contributed by atoms with E-state index in [9.17, 15) is 9.90 Å². The van der Waals surface area contributed by atoms with Gasteiger partial charge in [-0.15, -0.1) is 11.8 Å². The Morgan fingerprint density at radius 2 is 2.17 bits per heavy atom. The Balaban J connectivity index is 1.78. The lowest BCUT2D eigenvalue weighted by Crippen LogP contribution is -2.44. The van der Waals surface area contributed by atoms with Gasteiger partial charge in [0.15, 0.2) is 0 Å². The largest absolute Gasteiger partial charge is 0.388 e. The SMILES string of the molecule is Cc1ccc2nc(CSCC(=O)NCC(C)(O)C(C)C)cn2c1. The number of carbonyl (C=O) groups excluding carboxylic acids is 1. The van der Waals surface area contributed by atoms with E-state index in [-0.39, 0.29) is 18.4 Å². The minimum Gasteiger partial charge on any atom is -0.388 e. The average Bonchev–Trinajstić information content (AvgIpc) is 2.86. The van der Waals surface area contributed by atoms with E-state index in [1.54, 1.807) is 6.92 Å². The highest BCUT2D eigenvalue weighted by molar-refractivity contribution is 7.99. The number of aromatic nitrogens is 2. The molecule has 5 nitrogen and oxygen atoms in total. The van der Waals surface area contributed by atoms with Gasteiger partial charge in [-0.1, -0.05) is 19.9 Å². The Bertz CT molecular complexity index is 680. The fourth-order valence-corrected chi connectivity index (χ4v) is 2.74. The topological polar surface area (TPSA) is 66.6 Å². The Labute approximate surface area is 141 Å². The Hall–Kier alpha value is -1.53. The Morgan fingerprint density at radius 3 is 2.87 bits per heavy atom. The molecule has 1 atom stereocenters. The summed E-state index contributed by atoms with van der Waals surface area (Å²) in [6.45, 7) is 7.93. The van der Waals surface area contributed by atoms with Gasteiger partial charge in [-0.05, 0) is 31.4 Å². The predicted molar refractivity (Wildman–Crippen MR) is 94.6 cm³/mol. The summed E-state index contributed by atoms with van der Waals surface area (Å²) >= 11 is 1.52.